The summed E-state index contributed by atoms with van der Waals surface area (Å²) in [4.78, 5) is 39.5. The Balaban J connectivity index is 2.19. The Labute approximate surface area is 165 Å². The standard InChI is InChI=1S/C22H26N2O4/c1-5-24(15-16-11-7-6-8-12-16)21(27)22(2,3)20(26)23-18-14-10-9-13-17(18)19(25)28-4/h6-14H,5,15H2,1-4H3,(H,23,26). The Morgan fingerprint density at radius 2 is 1.61 bits per heavy atom. The minimum Gasteiger partial charge on any atom is -0.465 e. The predicted molar refractivity (Wildman–Crippen MR) is 108 cm³/mol. The zero-order valence-electron chi connectivity index (χ0n) is 16.7. The van der Waals surface area contributed by atoms with Crippen molar-refractivity contribution in [3.05, 3.63) is 65.7 Å². The lowest BCUT2D eigenvalue weighted by atomic mass is 9.89. The van der Waals surface area contributed by atoms with Crippen LogP contribution in [-0.4, -0.2) is 36.3 Å². The number of carbonyl (C=O) groups is 3. The number of methoxy groups -OCH3 is 1. The summed E-state index contributed by atoms with van der Waals surface area (Å²) in [7, 11) is 1.27. The highest BCUT2D eigenvalue weighted by Crippen LogP contribution is 2.25. The van der Waals surface area contributed by atoms with Crippen molar-refractivity contribution in [2.45, 2.75) is 27.3 Å². The molecule has 6 heteroatoms. The van der Waals surface area contributed by atoms with Crippen molar-refractivity contribution in [3.8, 4) is 0 Å². The van der Waals surface area contributed by atoms with Crippen LogP contribution in [0.25, 0.3) is 0 Å². The lowest BCUT2D eigenvalue weighted by molar-refractivity contribution is -0.146. The molecule has 0 heterocycles. The number of carbonyl (C=O) groups excluding carboxylic acids is 3. The molecule has 148 valence electrons. The van der Waals surface area contributed by atoms with E-state index < -0.39 is 17.3 Å². The molecule has 2 amide bonds. The molecule has 0 spiro atoms. The summed E-state index contributed by atoms with van der Waals surface area (Å²) >= 11 is 0. The zero-order chi connectivity index (χ0) is 20.7. The van der Waals surface area contributed by atoms with Crippen molar-refractivity contribution in [1.82, 2.24) is 4.90 Å². The number of anilines is 1. The third-order valence-electron chi connectivity index (χ3n) is 4.57. The number of hydrogen-bond acceptors (Lipinski definition) is 4. The Hall–Kier alpha value is -3.15. The van der Waals surface area contributed by atoms with Crippen LogP contribution in [0.3, 0.4) is 0 Å². The van der Waals surface area contributed by atoms with Gasteiger partial charge in [0.1, 0.15) is 5.41 Å². The number of para-hydroxylation sites is 1. The van der Waals surface area contributed by atoms with Crippen LogP contribution in [0.4, 0.5) is 5.69 Å². The molecule has 0 aliphatic rings. The fourth-order valence-electron chi connectivity index (χ4n) is 2.78. The van der Waals surface area contributed by atoms with Gasteiger partial charge in [-0.2, -0.15) is 0 Å². The lowest BCUT2D eigenvalue weighted by Crippen LogP contribution is -2.47. The number of nitrogens with one attached hydrogen (secondary N) is 1. The van der Waals surface area contributed by atoms with E-state index >= 15 is 0 Å². The summed E-state index contributed by atoms with van der Waals surface area (Å²) in [6.45, 7) is 5.94. The quantitative estimate of drug-likeness (QED) is 0.588. The van der Waals surface area contributed by atoms with E-state index in [2.05, 4.69) is 5.32 Å². The fraction of sp³-hybridized carbons (Fsp3) is 0.318. The molecule has 0 unspecified atom stereocenters. The molecule has 2 rings (SSSR count). The lowest BCUT2D eigenvalue weighted by Gasteiger charge is -2.30. The van der Waals surface area contributed by atoms with Crippen LogP contribution in [0.1, 0.15) is 36.7 Å². The van der Waals surface area contributed by atoms with Gasteiger partial charge in [0.15, 0.2) is 0 Å². The van der Waals surface area contributed by atoms with Crippen LogP contribution in [0.5, 0.6) is 0 Å². The predicted octanol–water partition coefficient (Wildman–Crippen LogP) is 3.49. The minimum absolute atomic E-state index is 0.234. The van der Waals surface area contributed by atoms with Gasteiger partial charge in [-0.3, -0.25) is 9.59 Å². The van der Waals surface area contributed by atoms with Gasteiger partial charge in [-0.05, 0) is 38.5 Å². The number of amides is 2. The van der Waals surface area contributed by atoms with Gasteiger partial charge >= 0.3 is 5.97 Å². The van der Waals surface area contributed by atoms with E-state index in [-0.39, 0.29) is 11.5 Å². The van der Waals surface area contributed by atoms with E-state index in [0.29, 0.717) is 18.8 Å². The van der Waals surface area contributed by atoms with Crippen molar-refractivity contribution in [2.75, 3.05) is 19.0 Å². The minimum atomic E-state index is -1.31. The van der Waals surface area contributed by atoms with Gasteiger partial charge in [0.2, 0.25) is 11.8 Å². The summed E-state index contributed by atoms with van der Waals surface area (Å²) in [6, 6.07) is 16.2. The summed E-state index contributed by atoms with van der Waals surface area (Å²) < 4.78 is 4.75. The van der Waals surface area contributed by atoms with Gasteiger partial charge in [0.25, 0.3) is 0 Å². The third-order valence-corrected chi connectivity index (χ3v) is 4.57. The average molecular weight is 382 g/mol. The molecule has 0 atom stereocenters. The Bertz CT molecular complexity index is 847. The molecular formula is C22H26N2O4. The number of benzene rings is 2. The summed E-state index contributed by atoms with van der Waals surface area (Å²) in [5, 5.41) is 2.70. The maximum atomic E-state index is 13.1. The van der Waals surface area contributed by atoms with E-state index in [4.69, 9.17) is 4.74 Å². The number of nitrogens with zero attached hydrogens (tertiary/aromatic N) is 1. The highest BCUT2D eigenvalue weighted by Gasteiger charge is 2.39. The average Bonchev–Trinajstić information content (AvgIpc) is 2.72. The molecule has 1 N–H and O–H groups in total. The topological polar surface area (TPSA) is 75.7 Å². The Kier molecular flexibility index (Phi) is 6.93. The SMILES string of the molecule is CCN(Cc1ccccc1)C(=O)C(C)(C)C(=O)Nc1ccccc1C(=O)OC. The van der Waals surface area contributed by atoms with E-state index in [9.17, 15) is 14.4 Å². The van der Waals surface area contributed by atoms with Gasteiger partial charge < -0.3 is 15.0 Å². The summed E-state index contributed by atoms with van der Waals surface area (Å²) in [6.07, 6.45) is 0. The van der Waals surface area contributed by atoms with Crippen LogP contribution in [0, 0.1) is 5.41 Å². The second kappa shape index (κ2) is 9.17. The number of ether oxygens (including phenoxy) is 1. The first-order valence-electron chi connectivity index (χ1n) is 9.13. The first-order chi connectivity index (χ1) is 13.3. The Morgan fingerprint density at radius 3 is 2.21 bits per heavy atom. The normalized spacial score (nSPS) is 10.9. The number of esters is 1. The smallest absolute Gasteiger partial charge is 0.339 e. The molecule has 0 aliphatic heterocycles. The third kappa shape index (κ3) is 4.76. The highest BCUT2D eigenvalue weighted by molar-refractivity contribution is 6.11. The molecule has 2 aromatic rings. The van der Waals surface area contributed by atoms with Crippen molar-refractivity contribution in [1.29, 1.82) is 0 Å². The van der Waals surface area contributed by atoms with Crippen LogP contribution in [0.2, 0.25) is 0 Å². The van der Waals surface area contributed by atoms with Crippen molar-refractivity contribution < 1.29 is 19.1 Å². The van der Waals surface area contributed by atoms with Crippen molar-refractivity contribution in [2.24, 2.45) is 5.41 Å². The highest BCUT2D eigenvalue weighted by atomic mass is 16.5. The van der Waals surface area contributed by atoms with Gasteiger partial charge in [0.05, 0.1) is 18.4 Å². The fourth-order valence-corrected chi connectivity index (χ4v) is 2.78. The van der Waals surface area contributed by atoms with Crippen LogP contribution in [0.15, 0.2) is 54.6 Å². The van der Waals surface area contributed by atoms with Gasteiger partial charge in [-0.15, -0.1) is 0 Å². The maximum Gasteiger partial charge on any atom is 0.339 e. The zero-order valence-corrected chi connectivity index (χ0v) is 16.7. The Morgan fingerprint density at radius 1 is 1.00 bits per heavy atom. The van der Waals surface area contributed by atoms with Crippen molar-refractivity contribution in [3.63, 3.8) is 0 Å². The van der Waals surface area contributed by atoms with Crippen LogP contribution in [-0.2, 0) is 20.9 Å². The molecule has 0 bridgehead atoms. The first-order valence-corrected chi connectivity index (χ1v) is 9.13. The number of rotatable bonds is 7. The maximum absolute atomic E-state index is 13.1. The van der Waals surface area contributed by atoms with Crippen LogP contribution < -0.4 is 5.32 Å². The number of hydrogen-bond donors (Lipinski definition) is 1. The van der Waals surface area contributed by atoms with Gasteiger partial charge in [-0.25, -0.2) is 4.79 Å². The van der Waals surface area contributed by atoms with Crippen molar-refractivity contribution >= 4 is 23.5 Å². The van der Waals surface area contributed by atoms with Crippen LogP contribution >= 0.6 is 0 Å². The molecule has 0 fully saturated rings. The first kappa shape index (κ1) is 21.2. The van der Waals surface area contributed by atoms with Gasteiger partial charge in [-0.1, -0.05) is 42.5 Å². The monoisotopic (exact) mass is 382 g/mol. The second-order valence-corrected chi connectivity index (χ2v) is 6.92. The van der Waals surface area contributed by atoms with E-state index in [1.807, 2.05) is 37.3 Å². The van der Waals surface area contributed by atoms with E-state index in [0.717, 1.165) is 5.56 Å². The largest absolute Gasteiger partial charge is 0.465 e. The molecule has 0 radical (unpaired) electrons. The van der Waals surface area contributed by atoms with Gasteiger partial charge in [0, 0.05) is 13.1 Å². The van der Waals surface area contributed by atoms with E-state index in [1.54, 1.807) is 43.0 Å². The molecule has 0 aromatic heterocycles. The molecule has 0 saturated carbocycles. The molecule has 0 saturated heterocycles. The summed E-state index contributed by atoms with van der Waals surface area (Å²) in [5.41, 5.74) is 0.225. The summed E-state index contributed by atoms with van der Waals surface area (Å²) in [5.74, 6) is -1.33. The molecule has 0 aliphatic carbocycles. The molecule has 2 aromatic carbocycles. The molecular weight excluding hydrogens is 356 g/mol. The molecule has 6 nitrogen and oxygen atoms in total. The second-order valence-electron chi connectivity index (χ2n) is 6.92. The van der Waals surface area contributed by atoms with E-state index in [1.165, 1.54) is 7.11 Å². The molecule has 28 heavy (non-hydrogen) atoms.